The number of amides is 1. The summed E-state index contributed by atoms with van der Waals surface area (Å²) >= 11 is 0. The number of carbonyl (C=O) groups excluding carboxylic acids is 1. The van der Waals surface area contributed by atoms with E-state index < -0.39 is 41.2 Å². The van der Waals surface area contributed by atoms with Crippen molar-refractivity contribution in [1.29, 1.82) is 0 Å². The fraction of sp³-hybridized carbons (Fsp3) is 0.667. The maximum Gasteiger partial charge on any atom is 0.433 e. The fourth-order valence-corrected chi connectivity index (χ4v) is 3.82. The number of pyridine rings is 1. The van der Waals surface area contributed by atoms with Crippen molar-refractivity contribution >= 4 is 6.09 Å². The van der Waals surface area contributed by atoms with Gasteiger partial charge in [0.1, 0.15) is 11.3 Å². The number of morpholine rings is 1. The zero-order valence-electron chi connectivity index (χ0n) is 15.4. The summed E-state index contributed by atoms with van der Waals surface area (Å²) in [7, 11) is 0. The van der Waals surface area contributed by atoms with Gasteiger partial charge in [0, 0.05) is 24.6 Å². The van der Waals surface area contributed by atoms with E-state index in [0.717, 1.165) is 6.20 Å². The lowest BCUT2D eigenvalue weighted by atomic mass is 9.76. The molecule has 2 fully saturated rings. The van der Waals surface area contributed by atoms with Crippen LogP contribution in [-0.2, 0) is 21.3 Å². The minimum Gasteiger partial charge on any atom is -0.444 e. The van der Waals surface area contributed by atoms with Crippen molar-refractivity contribution in [3.63, 3.8) is 0 Å². The molecule has 2 unspecified atom stereocenters. The highest BCUT2D eigenvalue weighted by Crippen LogP contribution is 2.45. The van der Waals surface area contributed by atoms with Crippen LogP contribution in [0.15, 0.2) is 18.3 Å². The maximum atomic E-state index is 13.4. The number of carbonyl (C=O) groups is 1. The summed E-state index contributed by atoms with van der Waals surface area (Å²) in [6.45, 7) is 5.47. The van der Waals surface area contributed by atoms with Crippen molar-refractivity contribution < 1.29 is 32.5 Å². The summed E-state index contributed by atoms with van der Waals surface area (Å²) in [5, 5.41) is 11.2. The van der Waals surface area contributed by atoms with Crippen LogP contribution in [0.5, 0.6) is 0 Å². The number of aliphatic hydroxyl groups is 1. The number of fused-ring (bicyclic) bond motifs is 2. The molecular weight excluding hydrogens is 365 g/mol. The highest BCUT2D eigenvalue weighted by molar-refractivity contribution is 5.69. The molecule has 0 radical (unpaired) electrons. The van der Waals surface area contributed by atoms with E-state index >= 15 is 0 Å². The Morgan fingerprint density at radius 2 is 1.89 bits per heavy atom. The second kappa shape index (κ2) is 6.63. The molecular formula is C18H23F3N2O4. The fourth-order valence-electron chi connectivity index (χ4n) is 3.82. The summed E-state index contributed by atoms with van der Waals surface area (Å²) < 4.78 is 51.0. The van der Waals surface area contributed by atoms with E-state index in [1.54, 1.807) is 20.8 Å². The van der Waals surface area contributed by atoms with Gasteiger partial charge in [0.2, 0.25) is 0 Å². The topological polar surface area (TPSA) is 71.9 Å². The molecule has 0 aromatic carbocycles. The summed E-state index contributed by atoms with van der Waals surface area (Å²) in [5.74, 6) is 0. The average Bonchev–Trinajstić information content (AvgIpc) is 2.51. The van der Waals surface area contributed by atoms with E-state index in [2.05, 4.69) is 4.98 Å². The molecule has 0 saturated carbocycles. The van der Waals surface area contributed by atoms with Gasteiger partial charge in [-0.25, -0.2) is 4.79 Å². The lowest BCUT2D eigenvalue weighted by molar-refractivity contribution is -0.157. The predicted octanol–water partition coefficient (Wildman–Crippen LogP) is 3.09. The van der Waals surface area contributed by atoms with E-state index in [9.17, 15) is 23.1 Å². The molecule has 1 N–H and O–H groups in total. The van der Waals surface area contributed by atoms with Crippen molar-refractivity contribution in [1.82, 2.24) is 9.88 Å². The Balaban J connectivity index is 1.92. The highest BCUT2D eigenvalue weighted by Gasteiger charge is 2.52. The smallest absolute Gasteiger partial charge is 0.433 e. The zero-order valence-corrected chi connectivity index (χ0v) is 15.4. The monoisotopic (exact) mass is 388 g/mol. The molecule has 1 aromatic heterocycles. The third-order valence-corrected chi connectivity index (χ3v) is 4.74. The second-order valence-corrected chi connectivity index (χ2v) is 8.07. The minimum absolute atomic E-state index is 0.0858. The van der Waals surface area contributed by atoms with Crippen LogP contribution in [0, 0.1) is 0 Å². The summed E-state index contributed by atoms with van der Waals surface area (Å²) in [4.78, 5) is 17.5. The Hall–Kier alpha value is -1.87. The number of ether oxygens (including phenoxy) is 2. The van der Waals surface area contributed by atoms with Crippen LogP contribution in [0.4, 0.5) is 18.0 Å². The van der Waals surface area contributed by atoms with E-state index in [0.29, 0.717) is 0 Å². The van der Waals surface area contributed by atoms with E-state index in [1.165, 1.54) is 17.0 Å². The Kier molecular flexibility index (Phi) is 4.88. The van der Waals surface area contributed by atoms with Crippen LogP contribution < -0.4 is 0 Å². The lowest BCUT2D eigenvalue weighted by Gasteiger charge is -2.51. The number of aromatic nitrogens is 1. The number of halogens is 3. The molecule has 0 aliphatic carbocycles. The predicted molar refractivity (Wildman–Crippen MR) is 88.8 cm³/mol. The van der Waals surface area contributed by atoms with Gasteiger partial charge in [-0.2, -0.15) is 13.2 Å². The highest BCUT2D eigenvalue weighted by atomic mass is 19.4. The van der Waals surface area contributed by atoms with Crippen LogP contribution in [0.1, 0.15) is 44.9 Å². The Morgan fingerprint density at radius 3 is 2.41 bits per heavy atom. The van der Waals surface area contributed by atoms with Crippen molar-refractivity contribution in [2.75, 3.05) is 13.2 Å². The quantitative estimate of drug-likeness (QED) is 0.801. The first-order chi connectivity index (χ1) is 12.4. The molecule has 0 spiro atoms. The third kappa shape index (κ3) is 4.03. The van der Waals surface area contributed by atoms with Gasteiger partial charge in [0.25, 0.3) is 0 Å². The number of rotatable bonds is 1. The molecule has 2 aliphatic heterocycles. The standard InChI is InChI=1S/C18H23F3N2O4/c1-16(2,3)27-15(24)23-11-7-17(25,8-12(23)10-26-9-11)13-5-4-6-22-14(13)18(19,20)21/h4-6,11-12,25H,7-10H2,1-3H3. The number of nitrogens with zero attached hydrogens (tertiary/aromatic N) is 2. The number of piperidine rings is 1. The Morgan fingerprint density at radius 1 is 1.30 bits per heavy atom. The molecule has 9 heteroatoms. The van der Waals surface area contributed by atoms with Crippen molar-refractivity contribution in [3.8, 4) is 0 Å². The molecule has 150 valence electrons. The summed E-state index contributed by atoms with van der Waals surface area (Å²) in [6, 6.07) is 1.45. The molecule has 2 saturated heterocycles. The molecule has 3 rings (SSSR count). The van der Waals surface area contributed by atoms with Crippen LogP contribution in [0.2, 0.25) is 0 Å². The lowest BCUT2D eigenvalue weighted by Crippen LogP contribution is -2.63. The number of alkyl halides is 3. The number of hydrogen-bond acceptors (Lipinski definition) is 5. The third-order valence-electron chi connectivity index (χ3n) is 4.74. The van der Waals surface area contributed by atoms with Gasteiger partial charge in [0.15, 0.2) is 0 Å². The largest absolute Gasteiger partial charge is 0.444 e. The molecule has 3 heterocycles. The van der Waals surface area contributed by atoms with Crippen LogP contribution in [-0.4, -0.2) is 52.0 Å². The van der Waals surface area contributed by atoms with Gasteiger partial charge >= 0.3 is 12.3 Å². The maximum absolute atomic E-state index is 13.4. The van der Waals surface area contributed by atoms with E-state index in [-0.39, 0.29) is 31.6 Å². The second-order valence-electron chi connectivity index (χ2n) is 8.07. The Bertz CT molecular complexity index is 703. The molecule has 2 atom stereocenters. The van der Waals surface area contributed by atoms with Crippen molar-refractivity contribution in [2.45, 2.75) is 63.1 Å². The van der Waals surface area contributed by atoms with Gasteiger partial charge in [0.05, 0.1) is 30.9 Å². The molecule has 2 aliphatic rings. The average molecular weight is 388 g/mol. The summed E-state index contributed by atoms with van der Waals surface area (Å²) in [5.41, 5.74) is -3.82. The first kappa shape index (κ1) is 19.9. The number of hydrogen-bond donors (Lipinski definition) is 1. The van der Waals surface area contributed by atoms with Crippen LogP contribution >= 0.6 is 0 Å². The molecule has 6 nitrogen and oxygen atoms in total. The van der Waals surface area contributed by atoms with Gasteiger partial charge in [-0.15, -0.1) is 0 Å². The van der Waals surface area contributed by atoms with Gasteiger partial charge in [-0.1, -0.05) is 6.07 Å². The Labute approximate surface area is 155 Å². The SMILES string of the molecule is CC(C)(C)OC(=O)N1C2COCC1CC(O)(c1cccnc1C(F)(F)F)C2. The van der Waals surface area contributed by atoms with Gasteiger partial charge in [-0.3, -0.25) is 9.88 Å². The normalized spacial score (nSPS) is 28.8. The van der Waals surface area contributed by atoms with E-state index in [1.807, 2.05) is 0 Å². The van der Waals surface area contributed by atoms with Crippen molar-refractivity contribution in [2.24, 2.45) is 0 Å². The zero-order chi connectivity index (χ0) is 20.0. The minimum atomic E-state index is -4.68. The van der Waals surface area contributed by atoms with E-state index in [4.69, 9.17) is 9.47 Å². The molecule has 2 bridgehead atoms. The molecule has 1 amide bonds. The molecule has 1 aromatic rings. The van der Waals surface area contributed by atoms with Gasteiger partial charge < -0.3 is 14.6 Å². The summed E-state index contributed by atoms with van der Waals surface area (Å²) in [6.07, 6.45) is -4.35. The van der Waals surface area contributed by atoms with Crippen molar-refractivity contribution in [3.05, 3.63) is 29.6 Å². The van der Waals surface area contributed by atoms with Crippen LogP contribution in [0.25, 0.3) is 0 Å². The first-order valence-corrected chi connectivity index (χ1v) is 8.75. The van der Waals surface area contributed by atoms with Crippen LogP contribution in [0.3, 0.4) is 0 Å². The molecule has 27 heavy (non-hydrogen) atoms. The van der Waals surface area contributed by atoms with Gasteiger partial charge in [-0.05, 0) is 26.8 Å². The first-order valence-electron chi connectivity index (χ1n) is 8.75.